The standard InChI is InChI=1S/C19H21N5O2/c1-12(2)17-16-18-22-15(7-9-24(18)23-17)21-11-13-5-3-4-6-14(13)26-10-8-20-19(16)25/h3-7,9,12H,8,10-11H2,1-2H3,(H,20,25)(H,21,22). The van der Waals surface area contributed by atoms with Crippen LogP contribution in [0.1, 0.15) is 41.4 Å². The van der Waals surface area contributed by atoms with Crippen molar-refractivity contribution < 1.29 is 9.53 Å². The number of nitrogens with zero attached hydrogens (tertiary/aromatic N) is 3. The zero-order valence-electron chi connectivity index (χ0n) is 14.8. The maximum atomic E-state index is 12.8. The quantitative estimate of drug-likeness (QED) is 0.704. The van der Waals surface area contributed by atoms with Crippen LogP contribution in [0.3, 0.4) is 0 Å². The number of hydrogen-bond donors (Lipinski definition) is 2. The highest BCUT2D eigenvalue weighted by Gasteiger charge is 2.23. The molecule has 1 aliphatic rings. The van der Waals surface area contributed by atoms with Crippen molar-refractivity contribution in [1.82, 2.24) is 19.9 Å². The average Bonchev–Trinajstić information content (AvgIpc) is 3.02. The summed E-state index contributed by atoms with van der Waals surface area (Å²) in [6.45, 7) is 5.43. The highest BCUT2D eigenvalue weighted by atomic mass is 16.5. The molecule has 3 heterocycles. The van der Waals surface area contributed by atoms with Crippen molar-refractivity contribution in [2.45, 2.75) is 26.3 Å². The molecule has 0 saturated carbocycles. The van der Waals surface area contributed by atoms with Crippen LogP contribution in [-0.4, -0.2) is 33.7 Å². The zero-order chi connectivity index (χ0) is 18.1. The van der Waals surface area contributed by atoms with E-state index in [2.05, 4.69) is 20.7 Å². The molecule has 7 nitrogen and oxygen atoms in total. The van der Waals surface area contributed by atoms with E-state index in [4.69, 9.17) is 4.74 Å². The molecule has 7 heteroatoms. The van der Waals surface area contributed by atoms with Gasteiger partial charge in [-0.25, -0.2) is 9.50 Å². The summed E-state index contributed by atoms with van der Waals surface area (Å²) in [6, 6.07) is 9.72. The molecule has 0 aliphatic carbocycles. The molecule has 0 unspecified atom stereocenters. The Hall–Kier alpha value is -3.09. The molecule has 1 aromatic carbocycles. The number of aromatic nitrogens is 3. The second kappa shape index (κ2) is 6.67. The molecule has 2 bridgehead atoms. The molecule has 0 saturated heterocycles. The number of carbonyl (C=O) groups excluding carboxylic acids is 1. The van der Waals surface area contributed by atoms with Gasteiger partial charge in [0.05, 0.1) is 12.2 Å². The summed E-state index contributed by atoms with van der Waals surface area (Å²) in [4.78, 5) is 17.4. The fourth-order valence-corrected chi connectivity index (χ4v) is 3.06. The van der Waals surface area contributed by atoms with Crippen LogP contribution in [0.25, 0.3) is 5.65 Å². The third-order valence-corrected chi connectivity index (χ3v) is 4.36. The van der Waals surface area contributed by atoms with Gasteiger partial charge < -0.3 is 15.4 Å². The Morgan fingerprint density at radius 2 is 2.04 bits per heavy atom. The average molecular weight is 351 g/mol. The number of fused-ring (bicyclic) bond motifs is 2. The van der Waals surface area contributed by atoms with Crippen LogP contribution in [0, 0.1) is 0 Å². The largest absolute Gasteiger partial charge is 0.491 e. The number of nitrogens with one attached hydrogen (secondary N) is 2. The minimum absolute atomic E-state index is 0.116. The van der Waals surface area contributed by atoms with Gasteiger partial charge in [-0.3, -0.25) is 4.79 Å². The fourth-order valence-electron chi connectivity index (χ4n) is 3.06. The van der Waals surface area contributed by atoms with Gasteiger partial charge in [-0.05, 0) is 18.1 Å². The molecular weight excluding hydrogens is 330 g/mol. The molecule has 0 spiro atoms. The molecule has 2 aromatic heterocycles. The van der Waals surface area contributed by atoms with Crippen LogP contribution in [0.15, 0.2) is 36.5 Å². The van der Waals surface area contributed by atoms with E-state index in [-0.39, 0.29) is 11.8 Å². The first kappa shape index (κ1) is 16.4. The summed E-state index contributed by atoms with van der Waals surface area (Å²) in [6.07, 6.45) is 1.83. The smallest absolute Gasteiger partial charge is 0.257 e. The van der Waals surface area contributed by atoms with E-state index >= 15 is 0 Å². The van der Waals surface area contributed by atoms with E-state index in [0.717, 1.165) is 17.0 Å². The minimum Gasteiger partial charge on any atom is -0.491 e. The Bertz CT molecular complexity index is 964. The number of para-hydroxylation sites is 1. The van der Waals surface area contributed by atoms with Crippen molar-refractivity contribution in [3.05, 3.63) is 53.3 Å². The van der Waals surface area contributed by atoms with Crippen molar-refractivity contribution in [2.24, 2.45) is 0 Å². The van der Waals surface area contributed by atoms with Gasteiger partial charge in [-0.1, -0.05) is 32.0 Å². The number of rotatable bonds is 1. The second-order valence-corrected chi connectivity index (χ2v) is 6.56. The molecule has 0 radical (unpaired) electrons. The van der Waals surface area contributed by atoms with Gasteiger partial charge in [0.1, 0.15) is 23.7 Å². The molecule has 0 fully saturated rings. The zero-order valence-corrected chi connectivity index (χ0v) is 14.8. The van der Waals surface area contributed by atoms with Crippen molar-refractivity contribution in [1.29, 1.82) is 0 Å². The molecule has 3 aromatic rings. The van der Waals surface area contributed by atoms with Gasteiger partial charge in [-0.15, -0.1) is 0 Å². The number of hydrogen-bond acceptors (Lipinski definition) is 5. The lowest BCUT2D eigenvalue weighted by molar-refractivity contribution is 0.0947. The lowest BCUT2D eigenvalue weighted by atomic mass is 10.1. The van der Waals surface area contributed by atoms with Crippen molar-refractivity contribution in [2.75, 3.05) is 18.5 Å². The van der Waals surface area contributed by atoms with Gasteiger partial charge in [0.2, 0.25) is 0 Å². The first-order valence-electron chi connectivity index (χ1n) is 8.75. The molecule has 1 amide bonds. The van der Waals surface area contributed by atoms with E-state index < -0.39 is 0 Å². The SMILES string of the molecule is CC(C)c1nn2ccc3nc2c1C(=O)NCCOc1ccccc1CN3. The van der Waals surface area contributed by atoms with Crippen molar-refractivity contribution in [3.8, 4) is 5.75 Å². The summed E-state index contributed by atoms with van der Waals surface area (Å²) in [7, 11) is 0. The van der Waals surface area contributed by atoms with Crippen LogP contribution in [-0.2, 0) is 6.54 Å². The maximum Gasteiger partial charge on any atom is 0.257 e. The van der Waals surface area contributed by atoms with E-state index in [1.54, 1.807) is 4.52 Å². The van der Waals surface area contributed by atoms with Crippen LogP contribution in [0.2, 0.25) is 0 Å². The molecule has 4 rings (SSSR count). The Balaban J connectivity index is 1.80. The fraction of sp³-hybridized carbons (Fsp3) is 0.316. The number of benzene rings is 1. The van der Waals surface area contributed by atoms with Crippen molar-refractivity contribution in [3.63, 3.8) is 0 Å². The number of carbonyl (C=O) groups is 1. The topological polar surface area (TPSA) is 80.6 Å². The number of anilines is 1. The Morgan fingerprint density at radius 1 is 1.19 bits per heavy atom. The van der Waals surface area contributed by atoms with E-state index in [9.17, 15) is 4.79 Å². The first-order chi connectivity index (χ1) is 12.6. The summed E-state index contributed by atoms with van der Waals surface area (Å²) in [5.41, 5.74) is 2.87. The lowest BCUT2D eigenvalue weighted by Gasteiger charge is -2.12. The Morgan fingerprint density at radius 3 is 2.88 bits per heavy atom. The van der Waals surface area contributed by atoms with Gasteiger partial charge >= 0.3 is 0 Å². The van der Waals surface area contributed by atoms with Crippen molar-refractivity contribution >= 4 is 17.4 Å². The van der Waals surface area contributed by atoms with Gasteiger partial charge in [-0.2, -0.15) is 5.10 Å². The van der Waals surface area contributed by atoms with Gasteiger partial charge in [0.15, 0.2) is 5.65 Å². The summed E-state index contributed by atoms with van der Waals surface area (Å²) < 4.78 is 7.51. The van der Waals surface area contributed by atoms with E-state index in [1.807, 2.05) is 50.4 Å². The monoisotopic (exact) mass is 351 g/mol. The van der Waals surface area contributed by atoms with E-state index in [1.165, 1.54) is 0 Å². The van der Waals surface area contributed by atoms with Gasteiger partial charge in [0.25, 0.3) is 5.91 Å². The van der Waals surface area contributed by atoms with Crippen LogP contribution < -0.4 is 15.4 Å². The minimum atomic E-state index is -0.176. The first-order valence-corrected chi connectivity index (χ1v) is 8.75. The molecule has 26 heavy (non-hydrogen) atoms. The van der Waals surface area contributed by atoms with Crippen LogP contribution in [0.5, 0.6) is 5.75 Å². The van der Waals surface area contributed by atoms with Gasteiger partial charge in [0, 0.05) is 18.3 Å². The summed E-state index contributed by atoms with van der Waals surface area (Å²) >= 11 is 0. The molecule has 0 atom stereocenters. The lowest BCUT2D eigenvalue weighted by Crippen LogP contribution is -2.29. The normalized spacial score (nSPS) is 14.7. The predicted molar refractivity (Wildman–Crippen MR) is 98.7 cm³/mol. The molecular formula is C19H21N5O2. The number of ether oxygens (including phenoxy) is 1. The molecule has 2 N–H and O–H groups in total. The maximum absolute atomic E-state index is 12.8. The molecule has 134 valence electrons. The van der Waals surface area contributed by atoms with E-state index in [0.29, 0.717) is 36.7 Å². The van der Waals surface area contributed by atoms with Crippen LogP contribution in [0.4, 0.5) is 5.82 Å². The summed E-state index contributed by atoms with van der Waals surface area (Å²) in [5, 5.41) is 10.8. The highest BCUT2D eigenvalue weighted by molar-refractivity contribution is 6.01. The Kier molecular flexibility index (Phi) is 4.20. The third-order valence-electron chi connectivity index (χ3n) is 4.36. The summed E-state index contributed by atoms with van der Waals surface area (Å²) in [5.74, 6) is 1.44. The van der Waals surface area contributed by atoms with Crippen LogP contribution >= 0.6 is 0 Å². The Labute approximate surface area is 151 Å². The number of amides is 1. The predicted octanol–water partition coefficient (Wildman–Crippen LogP) is 2.59. The molecule has 1 aliphatic heterocycles. The third kappa shape index (κ3) is 2.96. The highest BCUT2D eigenvalue weighted by Crippen LogP contribution is 2.24. The second-order valence-electron chi connectivity index (χ2n) is 6.56.